The predicted molar refractivity (Wildman–Crippen MR) is 134 cm³/mol. The summed E-state index contributed by atoms with van der Waals surface area (Å²) in [5, 5.41) is 0. The molecule has 4 rings (SSSR count). The van der Waals surface area contributed by atoms with Gasteiger partial charge in [-0.1, -0.05) is 90.5 Å². The first-order valence-electron chi connectivity index (χ1n) is 11.7. The molecule has 1 unspecified atom stereocenters. The highest BCUT2D eigenvalue weighted by Crippen LogP contribution is 2.71. The molecule has 3 atom stereocenters. The zero-order chi connectivity index (χ0) is 23.6. The van der Waals surface area contributed by atoms with Crippen LogP contribution in [0, 0.1) is 6.92 Å². The van der Waals surface area contributed by atoms with Gasteiger partial charge in [0.2, 0.25) is 0 Å². The Balaban J connectivity index is 1.84. The van der Waals surface area contributed by atoms with Gasteiger partial charge in [0.1, 0.15) is 5.78 Å². The van der Waals surface area contributed by atoms with Gasteiger partial charge in [0, 0.05) is 0 Å². The third kappa shape index (κ3) is 5.31. The minimum absolute atomic E-state index is 0.0662. The molecule has 0 saturated carbocycles. The molecule has 1 heterocycles. The van der Waals surface area contributed by atoms with Crippen LogP contribution in [0.25, 0.3) is 0 Å². The summed E-state index contributed by atoms with van der Waals surface area (Å²) in [6, 6.07) is 29.2. The van der Waals surface area contributed by atoms with Gasteiger partial charge < -0.3 is 9.05 Å². The van der Waals surface area contributed by atoms with Gasteiger partial charge in [-0.25, -0.2) is 0 Å². The van der Waals surface area contributed by atoms with Crippen LogP contribution >= 0.6 is 7.60 Å². The zero-order valence-electron chi connectivity index (χ0n) is 20.1. The summed E-state index contributed by atoms with van der Waals surface area (Å²) >= 11 is 0. The Morgan fingerprint density at radius 1 is 0.727 bits per heavy atom. The second-order valence-electron chi connectivity index (χ2n) is 9.29. The second-order valence-corrected chi connectivity index (χ2v) is 11.3. The van der Waals surface area contributed by atoms with Crippen LogP contribution < -0.4 is 0 Å². The van der Waals surface area contributed by atoms with Crippen LogP contribution in [0.5, 0.6) is 0 Å². The van der Waals surface area contributed by atoms with E-state index < -0.39 is 7.60 Å². The summed E-state index contributed by atoms with van der Waals surface area (Å²) in [7, 11) is -3.45. The molecule has 0 radical (unpaired) electrons. The maximum absolute atomic E-state index is 14.3. The molecule has 1 fully saturated rings. The molecular weight excluding hydrogens is 429 g/mol. The fourth-order valence-electron chi connectivity index (χ4n) is 4.54. The second kappa shape index (κ2) is 9.95. The van der Waals surface area contributed by atoms with Crippen molar-refractivity contribution in [2.75, 3.05) is 0 Å². The highest BCUT2D eigenvalue weighted by atomic mass is 31.2. The summed E-state index contributed by atoms with van der Waals surface area (Å²) in [5.74, 6) is -0.365. The van der Waals surface area contributed by atoms with E-state index in [1.807, 2.05) is 39.8 Å². The Labute approximate surface area is 198 Å². The van der Waals surface area contributed by atoms with Gasteiger partial charge in [-0.15, -0.1) is 0 Å². The highest BCUT2D eigenvalue weighted by Gasteiger charge is 2.64. The average Bonchev–Trinajstić information content (AvgIpc) is 3.51. The van der Waals surface area contributed by atoms with E-state index in [0.29, 0.717) is 0 Å². The monoisotopic (exact) mass is 463 g/mol. The van der Waals surface area contributed by atoms with Crippen LogP contribution in [0.2, 0.25) is 0 Å². The fraction of sp³-hybridized carbons (Fsp3) is 0.357. The first kappa shape index (κ1) is 23.9. The van der Waals surface area contributed by atoms with Crippen LogP contribution in [-0.4, -0.2) is 22.9 Å². The van der Waals surface area contributed by atoms with E-state index in [0.717, 1.165) is 16.7 Å². The van der Waals surface area contributed by atoms with Crippen molar-refractivity contribution in [1.82, 2.24) is 4.90 Å². The van der Waals surface area contributed by atoms with E-state index in [2.05, 4.69) is 84.6 Å². The van der Waals surface area contributed by atoms with E-state index in [1.165, 1.54) is 5.56 Å². The Morgan fingerprint density at radius 2 is 1.18 bits per heavy atom. The van der Waals surface area contributed by atoms with Crippen molar-refractivity contribution >= 4 is 7.60 Å². The molecule has 0 N–H and O–H groups in total. The maximum atomic E-state index is 14.3. The number of hydrogen-bond donors (Lipinski definition) is 0. The van der Waals surface area contributed by atoms with Crippen molar-refractivity contribution in [3.8, 4) is 0 Å². The Kier molecular flexibility index (Phi) is 7.21. The molecule has 0 bridgehead atoms. The molecule has 3 aromatic rings. The van der Waals surface area contributed by atoms with Crippen LogP contribution in [0.3, 0.4) is 0 Å². The lowest BCUT2D eigenvalue weighted by Gasteiger charge is -2.25. The first-order valence-corrected chi connectivity index (χ1v) is 13.3. The largest absolute Gasteiger partial charge is 0.350 e. The third-order valence-corrected chi connectivity index (χ3v) is 8.43. The summed E-state index contributed by atoms with van der Waals surface area (Å²) in [6.45, 7) is 9.73. The molecule has 3 aromatic carbocycles. The van der Waals surface area contributed by atoms with Crippen LogP contribution in [0.4, 0.5) is 0 Å². The normalized spacial score (nSPS) is 20.5. The van der Waals surface area contributed by atoms with Gasteiger partial charge >= 0.3 is 7.60 Å². The number of nitrogens with zero attached hydrogens (tertiary/aromatic N) is 1. The van der Waals surface area contributed by atoms with Gasteiger partial charge in [0.05, 0.1) is 24.3 Å². The molecule has 4 nitrogen and oxygen atoms in total. The third-order valence-electron chi connectivity index (χ3n) is 5.81. The summed E-state index contributed by atoms with van der Waals surface area (Å²) in [4.78, 5) is 2.31. The molecule has 0 aromatic heterocycles. The van der Waals surface area contributed by atoms with Crippen molar-refractivity contribution < 1.29 is 13.6 Å². The lowest BCUT2D eigenvalue weighted by Crippen LogP contribution is -2.18. The predicted octanol–water partition coefficient (Wildman–Crippen LogP) is 7.51. The molecule has 0 spiro atoms. The summed E-state index contributed by atoms with van der Waals surface area (Å²) in [6.07, 6.45) is -0.412. The molecule has 5 heteroatoms. The summed E-state index contributed by atoms with van der Waals surface area (Å²) < 4.78 is 26.5. The fourth-order valence-corrected chi connectivity index (χ4v) is 7.21. The van der Waals surface area contributed by atoms with Gasteiger partial charge in [-0.05, 0) is 51.3 Å². The number of hydrogen-bond acceptors (Lipinski definition) is 4. The van der Waals surface area contributed by atoms with Gasteiger partial charge in [0.25, 0.3) is 0 Å². The van der Waals surface area contributed by atoms with E-state index in [9.17, 15) is 4.57 Å². The van der Waals surface area contributed by atoms with E-state index >= 15 is 0 Å². The van der Waals surface area contributed by atoms with Crippen LogP contribution in [0.1, 0.15) is 62.0 Å². The highest BCUT2D eigenvalue weighted by molar-refractivity contribution is 7.55. The number of aryl methyl sites for hydroxylation is 1. The quantitative estimate of drug-likeness (QED) is 0.243. The lowest BCUT2D eigenvalue weighted by molar-refractivity contribution is 0.138. The maximum Gasteiger partial charge on any atom is 0.350 e. The zero-order valence-corrected chi connectivity index (χ0v) is 21.0. The van der Waals surface area contributed by atoms with E-state index in [4.69, 9.17) is 9.05 Å². The van der Waals surface area contributed by atoms with Crippen LogP contribution in [0.15, 0.2) is 84.9 Å². The van der Waals surface area contributed by atoms with Gasteiger partial charge in [-0.3, -0.25) is 9.46 Å². The first-order chi connectivity index (χ1) is 15.8. The smallest absolute Gasteiger partial charge is 0.305 e. The molecular formula is C28H34NO3P. The molecule has 1 saturated heterocycles. The standard InChI is InChI=1S/C28H34NO3P/c1-20(2)31-33(30,32-21(3)4)28-27(25-18-16-22(5)17-19-25)29(28)26(23-12-8-6-9-13-23)24-14-10-7-11-15-24/h6-21,26-28H,1-5H3/t27-,28+,29?/m0/s1. The van der Waals surface area contributed by atoms with Crippen molar-refractivity contribution in [2.45, 2.75) is 64.7 Å². The van der Waals surface area contributed by atoms with Gasteiger partial charge in [-0.2, -0.15) is 0 Å². The summed E-state index contributed by atoms with van der Waals surface area (Å²) in [5.41, 5.74) is 4.64. The number of benzene rings is 3. The Morgan fingerprint density at radius 3 is 1.61 bits per heavy atom. The number of rotatable bonds is 9. The van der Waals surface area contributed by atoms with Crippen LogP contribution in [-0.2, 0) is 13.6 Å². The average molecular weight is 464 g/mol. The molecule has 0 amide bonds. The van der Waals surface area contributed by atoms with E-state index in [1.54, 1.807) is 0 Å². The molecule has 33 heavy (non-hydrogen) atoms. The van der Waals surface area contributed by atoms with E-state index in [-0.39, 0.29) is 30.1 Å². The Hall–Kier alpha value is -2.23. The molecule has 1 aliphatic rings. The van der Waals surface area contributed by atoms with Crippen molar-refractivity contribution in [3.63, 3.8) is 0 Å². The lowest BCUT2D eigenvalue weighted by atomic mass is 9.98. The molecule has 0 aliphatic carbocycles. The van der Waals surface area contributed by atoms with Crippen molar-refractivity contribution in [3.05, 3.63) is 107 Å². The van der Waals surface area contributed by atoms with Gasteiger partial charge in [0.15, 0.2) is 0 Å². The SMILES string of the molecule is Cc1ccc([C@H]2[C@@H](P(=O)(OC(C)C)OC(C)C)N2C(c2ccccc2)c2ccccc2)cc1. The Bertz CT molecular complexity index is 1030. The van der Waals surface area contributed by atoms with Crippen molar-refractivity contribution in [1.29, 1.82) is 0 Å². The minimum atomic E-state index is -3.45. The molecule has 1 aliphatic heterocycles. The topological polar surface area (TPSA) is 38.5 Å². The minimum Gasteiger partial charge on any atom is -0.305 e. The molecule has 174 valence electrons. The van der Waals surface area contributed by atoms with Crippen molar-refractivity contribution in [2.24, 2.45) is 0 Å².